The minimum Gasteiger partial charge on any atom is -0.339 e. The van der Waals surface area contributed by atoms with Crippen molar-refractivity contribution in [2.24, 2.45) is 0 Å². The first-order valence-electron chi connectivity index (χ1n) is 7.03. The van der Waals surface area contributed by atoms with Crippen LogP contribution in [-0.4, -0.2) is 40.0 Å². The van der Waals surface area contributed by atoms with E-state index in [-0.39, 0.29) is 5.41 Å². The van der Waals surface area contributed by atoms with Gasteiger partial charge in [-0.25, -0.2) is 0 Å². The monoisotopic (exact) mass is 299 g/mol. The summed E-state index contributed by atoms with van der Waals surface area (Å²) < 4.78 is 5.62. The summed E-state index contributed by atoms with van der Waals surface area (Å²) in [5.41, 5.74) is 0.0704. The molecule has 0 radical (unpaired) electrons. The van der Waals surface area contributed by atoms with Crippen LogP contribution in [0.1, 0.15) is 43.7 Å². The van der Waals surface area contributed by atoms with Gasteiger partial charge in [0.05, 0.1) is 10.7 Å². The Hall–Kier alpha value is -0.200. The minimum atomic E-state index is 0.0704. The van der Waals surface area contributed by atoms with Crippen LogP contribution in [0, 0.1) is 0 Å². The van der Waals surface area contributed by atoms with Gasteiger partial charge in [-0.1, -0.05) is 19.0 Å². The van der Waals surface area contributed by atoms with E-state index in [1.54, 1.807) is 0 Å². The number of aromatic nitrogens is 2. The van der Waals surface area contributed by atoms with Crippen molar-refractivity contribution in [3.8, 4) is 0 Å². The lowest BCUT2D eigenvalue weighted by atomic mass is 9.84. The summed E-state index contributed by atoms with van der Waals surface area (Å²) in [6.45, 7) is 6.50. The Kier molecular flexibility index (Phi) is 4.10. The molecule has 6 heteroatoms. The standard InChI is InChI=1S/C13H21N3OS2/c1-3-13(4-5-14-8-13)12-15-11(16-17-12)10-9(2)18-6-7-19-10/h9-10,14H,3-8H2,1-2H3. The van der Waals surface area contributed by atoms with Crippen molar-refractivity contribution in [3.05, 3.63) is 11.7 Å². The number of hydrogen-bond acceptors (Lipinski definition) is 6. The zero-order valence-electron chi connectivity index (χ0n) is 11.5. The van der Waals surface area contributed by atoms with Crippen LogP contribution in [0.3, 0.4) is 0 Å². The van der Waals surface area contributed by atoms with Crippen LogP contribution in [0.2, 0.25) is 0 Å². The molecule has 4 nitrogen and oxygen atoms in total. The van der Waals surface area contributed by atoms with Crippen molar-refractivity contribution in [1.82, 2.24) is 15.5 Å². The summed E-state index contributed by atoms with van der Waals surface area (Å²) in [4.78, 5) is 4.76. The molecule has 2 aliphatic rings. The summed E-state index contributed by atoms with van der Waals surface area (Å²) in [5, 5.41) is 8.66. The van der Waals surface area contributed by atoms with E-state index in [9.17, 15) is 0 Å². The van der Waals surface area contributed by atoms with Crippen LogP contribution >= 0.6 is 23.5 Å². The van der Waals surface area contributed by atoms with Gasteiger partial charge in [0, 0.05) is 23.3 Å². The molecule has 1 aromatic heterocycles. The molecule has 0 spiro atoms. The molecule has 0 saturated carbocycles. The largest absolute Gasteiger partial charge is 0.339 e. The van der Waals surface area contributed by atoms with Gasteiger partial charge in [0.15, 0.2) is 5.82 Å². The number of nitrogens with one attached hydrogen (secondary N) is 1. The molecule has 0 amide bonds. The normalized spacial score (nSPS) is 35.7. The van der Waals surface area contributed by atoms with Gasteiger partial charge < -0.3 is 9.84 Å². The summed E-state index contributed by atoms with van der Waals surface area (Å²) >= 11 is 3.98. The van der Waals surface area contributed by atoms with Gasteiger partial charge in [-0.05, 0) is 19.4 Å². The van der Waals surface area contributed by atoms with Gasteiger partial charge in [-0.3, -0.25) is 0 Å². The third-order valence-electron chi connectivity index (χ3n) is 4.26. The summed E-state index contributed by atoms with van der Waals surface area (Å²) in [7, 11) is 0. The second-order valence-corrected chi connectivity index (χ2v) is 8.12. The molecule has 106 valence electrons. The SMILES string of the molecule is CCC1(c2nc(C3SCCSC3C)no2)CCNC1. The molecule has 1 aromatic rings. The van der Waals surface area contributed by atoms with Crippen LogP contribution in [0.4, 0.5) is 0 Å². The number of rotatable bonds is 3. The summed E-state index contributed by atoms with van der Waals surface area (Å²) in [6.07, 6.45) is 2.16. The van der Waals surface area contributed by atoms with Gasteiger partial charge in [-0.15, -0.1) is 11.8 Å². The molecule has 2 aliphatic heterocycles. The Morgan fingerprint density at radius 2 is 2.26 bits per heavy atom. The van der Waals surface area contributed by atoms with Crippen molar-refractivity contribution in [1.29, 1.82) is 0 Å². The molecule has 1 N–H and O–H groups in total. The fraction of sp³-hybridized carbons (Fsp3) is 0.846. The van der Waals surface area contributed by atoms with Crippen LogP contribution in [0.5, 0.6) is 0 Å². The second kappa shape index (κ2) is 5.66. The van der Waals surface area contributed by atoms with Crippen molar-refractivity contribution in [2.45, 2.75) is 42.6 Å². The molecule has 0 aromatic carbocycles. The van der Waals surface area contributed by atoms with E-state index in [4.69, 9.17) is 9.51 Å². The molecule has 3 heterocycles. The minimum absolute atomic E-state index is 0.0704. The molecule has 2 fully saturated rings. The molecule has 0 aliphatic carbocycles. The molecular formula is C13H21N3OS2. The lowest BCUT2D eigenvalue weighted by molar-refractivity contribution is 0.283. The smallest absolute Gasteiger partial charge is 0.234 e. The van der Waals surface area contributed by atoms with E-state index in [0.717, 1.165) is 37.6 Å². The Labute approximate surface area is 122 Å². The highest BCUT2D eigenvalue weighted by Crippen LogP contribution is 2.42. The van der Waals surface area contributed by atoms with Crippen LogP contribution in [0.25, 0.3) is 0 Å². The highest BCUT2D eigenvalue weighted by Gasteiger charge is 2.40. The Morgan fingerprint density at radius 3 is 2.95 bits per heavy atom. The Morgan fingerprint density at radius 1 is 1.42 bits per heavy atom. The zero-order valence-corrected chi connectivity index (χ0v) is 13.1. The third-order valence-corrected chi connectivity index (χ3v) is 7.34. The molecule has 2 saturated heterocycles. The van der Waals surface area contributed by atoms with Crippen molar-refractivity contribution in [2.75, 3.05) is 24.6 Å². The first-order chi connectivity index (χ1) is 9.25. The van der Waals surface area contributed by atoms with Crippen molar-refractivity contribution >= 4 is 23.5 Å². The predicted octanol–water partition coefficient (Wildman–Crippen LogP) is 2.62. The maximum Gasteiger partial charge on any atom is 0.234 e. The van der Waals surface area contributed by atoms with Gasteiger partial charge >= 0.3 is 0 Å². The highest BCUT2D eigenvalue weighted by atomic mass is 32.2. The van der Waals surface area contributed by atoms with Gasteiger partial charge in [-0.2, -0.15) is 16.7 Å². The van der Waals surface area contributed by atoms with Gasteiger partial charge in [0.25, 0.3) is 0 Å². The quantitative estimate of drug-likeness (QED) is 0.926. The third kappa shape index (κ3) is 2.54. The van der Waals surface area contributed by atoms with E-state index in [2.05, 4.69) is 24.3 Å². The molecule has 3 atom stereocenters. The van der Waals surface area contributed by atoms with E-state index < -0.39 is 0 Å². The summed E-state index contributed by atoms with van der Waals surface area (Å²) in [5.74, 6) is 4.16. The van der Waals surface area contributed by atoms with E-state index >= 15 is 0 Å². The molecule has 19 heavy (non-hydrogen) atoms. The maximum absolute atomic E-state index is 5.62. The molecule has 0 bridgehead atoms. The average molecular weight is 299 g/mol. The van der Waals surface area contributed by atoms with Crippen LogP contribution < -0.4 is 5.32 Å². The average Bonchev–Trinajstić information content (AvgIpc) is 3.09. The van der Waals surface area contributed by atoms with Crippen LogP contribution in [0.15, 0.2) is 4.52 Å². The topological polar surface area (TPSA) is 51.0 Å². The number of hydrogen-bond donors (Lipinski definition) is 1. The van der Waals surface area contributed by atoms with Gasteiger partial charge in [0.1, 0.15) is 0 Å². The number of thioether (sulfide) groups is 2. The Balaban J connectivity index is 1.82. The molecule has 3 rings (SSSR count). The van der Waals surface area contributed by atoms with E-state index in [1.807, 2.05) is 23.5 Å². The molecule has 3 unspecified atom stereocenters. The second-order valence-electron chi connectivity index (χ2n) is 5.39. The lowest BCUT2D eigenvalue weighted by Gasteiger charge is -2.25. The lowest BCUT2D eigenvalue weighted by Crippen LogP contribution is -2.28. The number of nitrogens with zero attached hydrogens (tertiary/aromatic N) is 2. The fourth-order valence-electron chi connectivity index (χ4n) is 2.86. The van der Waals surface area contributed by atoms with Crippen molar-refractivity contribution < 1.29 is 4.52 Å². The van der Waals surface area contributed by atoms with Gasteiger partial charge in [0.2, 0.25) is 5.89 Å². The zero-order chi connectivity index (χ0) is 13.3. The molecular weight excluding hydrogens is 278 g/mol. The first kappa shape index (κ1) is 13.8. The fourth-order valence-corrected chi connectivity index (χ4v) is 5.54. The summed E-state index contributed by atoms with van der Waals surface area (Å²) in [6, 6.07) is 0. The van der Waals surface area contributed by atoms with E-state index in [0.29, 0.717) is 10.5 Å². The highest BCUT2D eigenvalue weighted by molar-refractivity contribution is 8.06. The van der Waals surface area contributed by atoms with Crippen molar-refractivity contribution in [3.63, 3.8) is 0 Å². The maximum atomic E-state index is 5.62. The van der Waals surface area contributed by atoms with E-state index in [1.165, 1.54) is 11.5 Å². The Bertz CT molecular complexity index is 431. The first-order valence-corrected chi connectivity index (χ1v) is 9.13. The predicted molar refractivity (Wildman–Crippen MR) is 80.9 cm³/mol. The van der Waals surface area contributed by atoms with Crippen LogP contribution in [-0.2, 0) is 5.41 Å².